The molecule has 0 aliphatic carbocycles. The number of nitrogens with one attached hydrogen (secondary N) is 1. The summed E-state index contributed by atoms with van der Waals surface area (Å²) in [5.41, 5.74) is 0.862. The van der Waals surface area contributed by atoms with Gasteiger partial charge in [0.1, 0.15) is 0 Å². The Kier molecular flexibility index (Phi) is 4.80. The molecule has 0 fully saturated rings. The summed E-state index contributed by atoms with van der Waals surface area (Å²) < 4.78 is 2.92. The minimum Gasteiger partial charge on any atom is -0.301 e. The molecule has 7 heteroatoms. The second-order valence-corrected chi connectivity index (χ2v) is 7.52. The molecule has 2 rings (SSSR count). The molecule has 1 atom stereocenters. The Bertz CT molecular complexity index is 599. The first-order valence-corrected chi connectivity index (χ1v) is 8.53. The zero-order valence-corrected chi connectivity index (χ0v) is 14.9. The molecule has 0 bridgehead atoms. The van der Waals surface area contributed by atoms with Crippen LogP contribution in [0.3, 0.4) is 0 Å². The first-order chi connectivity index (χ1) is 8.51. The number of anilines is 1. The molecule has 1 N–H and O–H groups in total. The fraction of sp³-hybridized carbons (Fsp3) is 0.273. The molecule has 96 valence electrons. The molecule has 2 aromatic rings. The van der Waals surface area contributed by atoms with Crippen LogP contribution in [0.5, 0.6) is 0 Å². The van der Waals surface area contributed by atoms with E-state index >= 15 is 0 Å². The van der Waals surface area contributed by atoms with Crippen LogP contribution in [0.1, 0.15) is 13.3 Å². The molecule has 0 radical (unpaired) electrons. The van der Waals surface area contributed by atoms with Gasteiger partial charge in [0.05, 0.1) is 15.0 Å². The molecule has 0 spiro atoms. The van der Waals surface area contributed by atoms with Gasteiger partial charge in [0.25, 0.3) is 0 Å². The maximum atomic E-state index is 11.8. The van der Waals surface area contributed by atoms with Gasteiger partial charge in [-0.2, -0.15) is 0 Å². The van der Waals surface area contributed by atoms with E-state index in [9.17, 15) is 4.79 Å². The Morgan fingerprint density at radius 3 is 2.89 bits per heavy atom. The van der Waals surface area contributed by atoms with Crippen molar-refractivity contribution in [3.63, 3.8) is 0 Å². The van der Waals surface area contributed by atoms with E-state index in [1.807, 2.05) is 19.1 Å². The predicted octanol–water partition coefficient (Wildman–Crippen LogP) is 4.93. The van der Waals surface area contributed by atoms with Gasteiger partial charge >= 0.3 is 0 Å². The SMILES string of the molecule is CC[C@H](Br)C(=O)Nc1nc2c(Br)cc(Br)cc2s1. The fourth-order valence-electron chi connectivity index (χ4n) is 1.38. The van der Waals surface area contributed by atoms with Crippen molar-refractivity contribution in [3.8, 4) is 0 Å². The van der Waals surface area contributed by atoms with E-state index < -0.39 is 0 Å². The van der Waals surface area contributed by atoms with E-state index in [1.165, 1.54) is 11.3 Å². The number of rotatable bonds is 3. The summed E-state index contributed by atoms with van der Waals surface area (Å²) in [7, 11) is 0. The van der Waals surface area contributed by atoms with Crippen LogP contribution in [0, 0.1) is 0 Å². The maximum Gasteiger partial charge on any atom is 0.239 e. The summed E-state index contributed by atoms with van der Waals surface area (Å²) in [5, 5.41) is 3.43. The molecule has 0 aliphatic heterocycles. The summed E-state index contributed by atoms with van der Waals surface area (Å²) in [5.74, 6) is -0.0632. The molecule has 18 heavy (non-hydrogen) atoms. The number of thiazole rings is 1. The number of benzene rings is 1. The van der Waals surface area contributed by atoms with Crippen LogP contribution in [0.4, 0.5) is 5.13 Å². The van der Waals surface area contributed by atoms with Crippen LogP contribution in [0.25, 0.3) is 10.2 Å². The Morgan fingerprint density at radius 1 is 1.50 bits per heavy atom. The van der Waals surface area contributed by atoms with Crippen molar-refractivity contribution in [1.82, 2.24) is 4.98 Å². The number of hydrogen-bond donors (Lipinski definition) is 1. The quantitative estimate of drug-likeness (QED) is 0.665. The van der Waals surface area contributed by atoms with Crippen molar-refractivity contribution in [1.29, 1.82) is 0 Å². The first-order valence-electron chi connectivity index (χ1n) is 5.21. The second kappa shape index (κ2) is 5.98. The topological polar surface area (TPSA) is 42.0 Å². The van der Waals surface area contributed by atoms with Crippen molar-refractivity contribution >= 4 is 80.4 Å². The number of amides is 1. The third-order valence-corrected chi connectivity index (χ3v) is 5.33. The smallest absolute Gasteiger partial charge is 0.239 e. The number of carbonyl (C=O) groups excluding carboxylic acids is 1. The second-order valence-electron chi connectivity index (χ2n) is 3.62. The minimum atomic E-state index is -0.181. The Labute approximate surface area is 134 Å². The van der Waals surface area contributed by atoms with Crippen LogP contribution in [-0.2, 0) is 4.79 Å². The van der Waals surface area contributed by atoms with Crippen molar-refractivity contribution in [2.75, 3.05) is 5.32 Å². The highest BCUT2D eigenvalue weighted by Crippen LogP contribution is 2.34. The Hall–Kier alpha value is 0.0200. The molecular weight excluding hydrogens is 448 g/mol. The van der Waals surface area contributed by atoms with Gasteiger partial charge in [-0.05, 0) is 34.5 Å². The maximum absolute atomic E-state index is 11.8. The summed E-state index contributed by atoms with van der Waals surface area (Å²) >= 11 is 11.7. The number of nitrogens with zero attached hydrogens (tertiary/aromatic N) is 1. The lowest BCUT2D eigenvalue weighted by atomic mass is 10.3. The van der Waals surface area contributed by atoms with Gasteiger partial charge in [-0.3, -0.25) is 4.79 Å². The van der Waals surface area contributed by atoms with Gasteiger partial charge in [0.15, 0.2) is 5.13 Å². The molecule has 0 saturated carbocycles. The molecule has 1 heterocycles. The van der Waals surface area contributed by atoms with Crippen molar-refractivity contribution in [3.05, 3.63) is 21.1 Å². The highest BCUT2D eigenvalue weighted by atomic mass is 79.9. The lowest BCUT2D eigenvalue weighted by Crippen LogP contribution is -2.21. The van der Waals surface area contributed by atoms with Crippen molar-refractivity contribution in [2.45, 2.75) is 18.2 Å². The summed E-state index contributed by atoms with van der Waals surface area (Å²) in [6.07, 6.45) is 0.742. The van der Waals surface area contributed by atoms with Gasteiger partial charge in [-0.25, -0.2) is 4.98 Å². The number of aromatic nitrogens is 1. The number of carbonyl (C=O) groups is 1. The molecule has 0 saturated heterocycles. The van der Waals surface area contributed by atoms with Crippen LogP contribution in [0.15, 0.2) is 21.1 Å². The van der Waals surface area contributed by atoms with E-state index in [4.69, 9.17) is 0 Å². The van der Waals surface area contributed by atoms with Gasteiger partial charge in [0, 0.05) is 8.95 Å². The van der Waals surface area contributed by atoms with E-state index in [1.54, 1.807) is 0 Å². The molecule has 1 amide bonds. The zero-order chi connectivity index (χ0) is 13.3. The molecule has 1 aromatic carbocycles. The highest BCUT2D eigenvalue weighted by Gasteiger charge is 2.15. The predicted molar refractivity (Wildman–Crippen MR) is 86.7 cm³/mol. The van der Waals surface area contributed by atoms with Crippen LogP contribution >= 0.6 is 59.1 Å². The normalized spacial score (nSPS) is 12.7. The van der Waals surface area contributed by atoms with Gasteiger partial charge < -0.3 is 5.32 Å². The van der Waals surface area contributed by atoms with Gasteiger partial charge in [-0.15, -0.1) is 0 Å². The standard InChI is InChI=1S/C11H9Br3N2OS/c1-2-6(13)10(17)16-11-15-9-7(14)3-5(12)4-8(9)18-11/h3-4,6H,2H2,1H3,(H,15,16,17)/t6-/m0/s1. The minimum absolute atomic E-state index is 0.0632. The largest absolute Gasteiger partial charge is 0.301 e. The average molecular weight is 457 g/mol. The fourth-order valence-corrected chi connectivity index (χ4v) is 4.03. The highest BCUT2D eigenvalue weighted by molar-refractivity contribution is 9.11. The third kappa shape index (κ3) is 3.12. The summed E-state index contributed by atoms with van der Waals surface area (Å²) in [6, 6.07) is 3.92. The lowest BCUT2D eigenvalue weighted by Gasteiger charge is -2.04. The molecular formula is C11H9Br3N2OS. The number of hydrogen-bond acceptors (Lipinski definition) is 3. The number of alkyl halides is 1. The zero-order valence-electron chi connectivity index (χ0n) is 9.34. The van der Waals surface area contributed by atoms with Crippen molar-refractivity contribution < 1.29 is 4.79 Å². The number of fused-ring (bicyclic) bond motifs is 1. The summed E-state index contributed by atoms with van der Waals surface area (Å²) in [6.45, 7) is 1.95. The molecule has 0 unspecified atom stereocenters. The average Bonchev–Trinajstić information content (AvgIpc) is 2.70. The molecule has 3 nitrogen and oxygen atoms in total. The third-order valence-electron chi connectivity index (χ3n) is 2.29. The van der Waals surface area contributed by atoms with Crippen LogP contribution < -0.4 is 5.32 Å². The van der Waals surface area contributed by atoms with E-state index in [0.29, 0.717) is 5.13 Å². The van der Waals surface area contributed by atoms with Crippen LogP contribution in [-0.4, -0.2) is 15.7 Å². The van der Waals surface area contributed by atoms with Gasteiger partial charge in [-0.1, -0.05) is 50.1 Å². The summed E-state index contributed by atoms with van der Waals surface area (Å²) in [4.78, 5) is 16.0. The lowest BCUT2D eigenvalue weighted by molar-refractivity contribution is -0.115. The number of halogens is 3. The molecule has 0 aliphatic rings. The van der Waals surface area contributed by atoms with Gasteiger partial charge in [0.2, 0.25) is 5.91 Å². The first kappa shape index (κ1) is 14.4. The Morgan fingerprint density at radius 2 is 2.22 bits per heavy atom. The Balaban J connectivity index is 2.31. The van der Waals surface area contributed by atoms with E-state index in [0.717, 1.165) is 25.6 Å². The van der Waals surface area contributed by atoms with E-state index in [-0.39, 0.29) is 10.7 Å². The van der Waals surface area contributed by atoms with Crippen LogP contribution in [0.2, 0.25) is 0 Å². The molecule has 1 aromatic heterocycles. The monoisotopic (exact) mass is 454 g/mol. The van der Waals surface area contributed by atoms with E-state index in [2.05, 4.69) is 58.1 Å². The van der Waals surface area contributed by atoms with Crippen molar-refractivity contribution in [2.24, 2.45) is 0 Å².